The number of hydrogen-bond donors (Lipinski definition) is 1. The molecule has 2 heterocycles. The number of aromatic nitrogens is 3. The van der Waals surface area contributed by atoms with Crippen molar-refractivity contribution in [2.45, 2.75) is 76.9 Å². The molecule has 5 rings (SSSR count). The summed E-state index contributed by atoms with van der Waals surface area (Å²) in [6, 6.07) is 9.99. The number of hydrogen-bond acceptors (Lipinski definition) is 5. The van der Waals surface area contributed by atoms with Crippen molar-refractivity contribution in [3.8, 4) is 0 Å². The van der Waals surface area contributed by atoms with Gasteiger partial charge in [0.15, 0.2) is 0 Å². The van der Waals surface area contributed by atoms with E-state index in [-0.39, 0.29) is 31.0 Å². The van der Waals surface area contributed by atoms with Crippen LogP contribution in [0.15, 0.2) is 30.3 Å². The van der Waals surface area contributed by atoms with Crippen LogP contribution in [0.3, 0.4) is 0 Å². The van der Waals surface area contributed by atoms with Gasteiger partial charge in [-0.3, -0.25) is 4.79 Å². The van der Waals surface area contributed by atoms with Gasteiger partial charge in [-0.15, -0.1) is 10.2 Å². The topological polar surface area (TPSA) is 97.5 Å². The number of carbonyl (C=O) groups is 2. The van der Waals surface area contributed by atoms with Crippen LogP contribution in [0.25, 0.3) is 0 Å². The Morgan fingerprint density at radius 3 is 2.46 bits per heavy atom. The van der Waals surface area contributed by atoms with Gasteiger partial charge in [-0.05, 0) is 49.5 Å². The molecule has 1 aromatic heterocycles. The highest BCUT2D eigenvalue weighted by molar-refractivity contribution is 5.70. The van der Waals surface area contributed by atoms with Crippen LogP contribution in [-0.4, -0.2) is 49.9 Å². The highest BCUT2D eigenvalue weighted by Crippen LogP contribution is 2.48. The molecule has 1 aliphatic heterocycles. The fraction of sp³-hybridized carbons (Fsp3) is 0.630. The molecule has 3 fully saturated rings. The predicted octanol–water partition coefficient (Wildman–Crippen LogP) is 4.98. The third-order valence-electron chi connectivity index (χ3n) is 7.73. The lowest BCUT2D eigenvalue weighted by molar-refractivity contribution is -0.138. The average molecular weight is 481 g/mol. The van der Waals surface area contributed by atoms with E-state index >= 15 is 0 Å². The molecule has 0 bridgehead atoms. The van der Waals surface area contributed by atoms with Gasteiger partial charge in [0.25, 0.3) is 0 Å². The Morgan fingerprint density at radius 1 is 1.11 bits per heavy atom. The minimum atomic E-state index is -0.840. The van der Waals surface area contributed by atoms with E-state index in [1.54, 1.807) is 4.90 Å². The highest BCUT2D eigenvalue weighted by atomic mass is 16.6. The molecule has 1 atom stereocenters. The lowest BCUT2D eigenvalue weighted by Gasteiger charge is -2.42. The van der Waals surface area contributed by atoms with Gasteiger partial charge in [0, 0.05) is 36.9 Å². The first-order chi connectivity index (χ1) is 16.9. The summed E-state index contributed by atoms with van der Waals surface area (Å²) in [4.78, 5) is 26.0. The zero-order chi connectivity index (χ0) is 24.5. The summed E-state index contributed by atoms with van der Waals surface area (Å²) in [6.45, 7) is 5.75. The molecule has 2 saturated carbocycles. The van der Waals surface area contributed by atoms with Crippen molar-refractivity contribution in [2.75, 3.05) is 13.1 Å². The Hall–Kier alpha value is -2.90. The van der Waals surface area contributed by atoms with Crippen molar-refractivity contribution in [3.63, 3.8) is 0 Å². The zero-order valence-corrected chi connectivity index (χ0v) is 20.7. The highest BCUT2D eigenvalue weighted by Gasteiger charge is 2.44. The Labute approximate surface area is 206 Å². The number of ether oxygens (including phenoxy) is 1. The molecule has 1 aromatic carbocycles. The number of carbonyl (C=O) groups excluding carboxylic acids is 1. The van der Waals surface area contributed by atoms with Gasteiger partial charge in [-0.25, -0.2) is 4.79 Å². The fourth-order valence-electron chi connectivity index (χ4n) is 5.74. The van der Waals surface area contributed by atoms with Crippen LogP contribution in [0.2, 0.25) is 0 Å². The summed E-state index contributed by atoms with van der Waals surface area (Å²) in [6.07, 6.45) is 5.40. The van der Waals surface area contributed by atoms with Gasteiger partial charge in [0.1, 0.15) is 18.3 Å². The molecular formula is C27H36N4O4. The summed E-state index contributed by atoms with van der Waals surface area (Å²) in [5.74, 6) is 2.70. The van der Waals surface area contributed by atoms with E-state index in [1.165, 1.54) is 6.42 Å². The molecule has 1 saturated heterocycles. The molecule has 3 aliphatic rings. The third kappa shape index (κ3) is 5.36. The van der Waals surface area contributed by atoms with E-state index in [4.69, 9.17) is 4.74 Å². The van der Waals surface area contributed by atoms with Crippen LogP contribution < -0.4 is 0 Å². The van der Waals surface area contributed by atoms with Crippen LogP contribution in [0, 0.1) is 17.8 Å². The van der Waals surface area contributed by atoms with Crippen LogP contribution in [0.1, 0.15) is 87.5 Å². The van der Waals surface area contributed by atoms with E-state index in [9.17, 15) is 14.7 Å². The van der Waals surface area contributed by atoms with Crippen molar-refractivity contribution < 1.29 is 19.4 Å². The quantitative estimate of drug-likeness (QED) is 0.515. The standard InChI is InChI=1S/C27H36N4O4/c1-17(2)10-19-11-20(12-19)25-28-29-26(31(25)22-8-9-22)23(13-24(32)33)21-14-30(15-21)27(34)35-16-18-6-4-3-5-7-18/h3-7,17,19-23H,8-16H2,1-2H3,(H,32,33). The first kappa shape index (κ1) is 23.8. The second-order valence-corrected chi connectivity index (χ2v) is 11.1. The Balaban J connectivity index is 1.24. The lowest BCUT2D eigenvalue weighted by atomic mass is 9.71. The molecule has 2 aromatic rings. The smallest absolute Gasteiger partial charge is 0.410 e. The molecule has 1 amide bonds. The van der Waals surface area contributed by atoms with E-state index in [0.29, 0.717) is 31.0 Å². The first-order valence-electron chi connectivity index (χ1n) is 13.0. The van der Waals surface area contributed by atoms with Gasteiger partial charge in [0.05, 0.1) is 6.42 Å². The maximum absolute atomic E-state index is 12.5. The number of carboxylic acids is 1. The molecule has 8 heteroatoms. The van der Waals surface area contributed by atoms with Gasteiger partial charge < -0.3 is 19.3 Å². The van der Waals surface area contributed by atoms with Crippen molar-refractivity contribution >= 4 is 12.1 Å². The molecule has 0 spiro atoms. The van der Waals surface area contributed by atoms with Crippen LogP contribution in [0.4, 0.5) is 4.79 Å². The minimum Gasteiger partial charge on any atom is -0.481 e. The van der Waals surface area contributed by atoms with Crippen molar-refractivity contribution in [2.24, 2.45) is 17.8 Å². The number of amides is 1. The number of aliphatic carboxylic acids is 1. The summed E-state index contributed by atoms with van der Waals surface area (Å²) >= 11 is 0. The molecule has 8 nitrogen and oxygen atoms in total. The molecule has 1 unspecified atom stereocenters. The molecule has 188 valence electrons. The molecule has 2 aliphatic carbocycles. The van der Waals surface area contributed by atoms with Crippen molar-refractivity contribution in [1.29, 1.82) is 0 Å². The van der Waals surface area contributed by atoms with E-state index in [2.05, 4.69) is 28.6 Å². The fourth-order valence-corrected chi connectivity index (χ4v) is 5.74. The van der Waals surface area contributed by atoms with E-state index in [0.717, 1.165) is 48.8 Å². The summed E-state index contributed by atoms with van der Waals surface area (Å²) < 4.78 is 7.73. The molecular weight excluding hydrogens is 444 g/mol. The van der Waals surface area contributed by atoms with Crippen molar-refractivity contribution in [1.82, 2.24) is 19.7 Å². The number of likely N-dealkylation sites (tertiary alicyclic amines) is 1. The molecule has 0 radical (unpaired) electrons. The summed E-state index contributed by atoms with van der Waals surface area (Å²) in [5.41, 5.74) is 0.943. The summed E-state index contributed by atoms with van der Waals surface area (Å²) in [5, 5.41) is 18.9. The minimum absolute atomic E-state index is 0.00304. The van der Waals surface area contributed by atoms with Crippen LogP contribution in [-0.2, 0) is 16.1 Å². The lowest BCUT2D eigenvalue weighted by Crippen LogP contribution is -2.52. The normalized spacial score (nSPS) is 23.0. The monoisotopic (exact) mass is 480 g/mol. The maximum Gasteiger partial charge on any atom is 0.410 e. The second-order valence-electron chi connectivity index (χ2n) is 11.1. The zero-order valence-electron chi connectivity index (χ0n) is 20.7. The summed E-state index contributed by atoms with van der Waals surface area (Å²) in [7, 11) is 0. The van der Waals surface area contributed by atoms with Crippen molar-refractivity contribution in [3.05, 3.63) is 47.5 Å². The van der Waals surface area contributed by atoms with Gasteiger partial charge >= 0.3 is 12.1 Å². The first-order valence-corrected chi connectivity index (χ1v) is 13.0. The molecule has 1 N–H and O–H groups in total. The largest absolute Gasteiger partial charge is 0.481 e. The number of benzene rings is 1. The van der Waals surface area contributed by atoms with Crippen LogP contribution in [0.5, 0.6) is 0 Å². The van der Waals surface area contributed by atoms with E-state index in [1.807, 2.05) is 30.3 Å². The van der Waals surface area contributed by atoms with E-state index < -0.39 is 5.97 Å². The predicted molar refractivity (Wildman–Crippen MR) is 130 cm³/mol. The number of nitrogens with zero attached hydrogens (tertiary/aromatic N) is 4. The maximum atomic E-state index is 12.5. The van der Waals surface area contributed by atoms with Gasteiger partial charge in [-0.1, -0.05) is 44.2 Å². The Morgan fingerprint density at radius 2 is 1.83 bits per heavy atom. The SMILES string of the molecule is CC(C)CC1CC(c2nnc(C(CC(=O)O)C3CN(C(=O)OCc4ccccc4)C3)n2C2CC2)C1. The number of carboxylic acid groups (broad SMARTS) is 1. The Kier molecular flexibility index (Phi) is 6.80. The Bertz CT molecular complexity index is 1040. The number of rotatable bonds is 10. The van der Waals surface area contributed by atoms with Gasteiger partial charge in [-0.2, -0.15) is 0 Å². The third-order valence-corrected chi connectivity index (χ3v) is 7.73. The second kappa shape index (κ2) is 9.99. The van der Waals surface area contributed by atoms with Gasteiger partial charge in [0.2, 0.25) is 0 Å². The van der Waals surface area contributed by atoms with Crippen LogP contribution >= 0.6 is 0 Å². The average Bonchev–Trinajstić information content (AvgIpc) is 3.51. The molecule has 35 heavy (non-hydrogen) atoms.